The lowest BCUT2D eigenvalue weighted by molar-refractivity contribution is -0.137. The fourth-order valence-corrected chi connectivity index (χ4v) is 8.41. The van der Waals surface area contributed by atoms with Crippen molar-refractivity contribution in [1.29, 1.82) is 5.26 Å². The number of hydrogen-bond donors (Lipinski definition) is 1. The second-order valence-electron chi connectivity index (χ2n) is 17.2. The van der Waals surface area contributed by atoms with Gasteiger partial charge in [-0.2, -0.15) is 18.4 Å². The quantitative estimate of drug-likeness (QED) is 0.0947. The van der Waals surface area contributed by atoms with Gasteiger partial charge in [0, 0.05) is 67.4 Å². The zero-order valence-corrected chi connectivity index (χ0v) is 32.9. The maximum atomic E-state index is 15.0. The molecule has 5 aromatic rings. The molecule has 3 aliphatic carbocycles. The van der Waals surface area contributed by atoms with Crippen LogP contribution in [0.2, 0.25) is 25.7 Å². The van der Waals surface area contributed by atoms with E-state index in [1.165, 1.54) is 24.8 Å². The molecule has 4 heterocycles. The fraction of sp³-hybridized carbons (Fsp3) is 0.442. The van der Waals surface area contributed by atoms with Gasteiger partial charge in [-0.15, -0.1) is 0 Å². The van der Waals surface area contributed by atoms with Gasteiger partial charge in [0.15, 0.2) is 0 Å². The van der Waals surface area contributed by atoms with E-state index in [0.717, 1.165) is 73.0 Å². The molecule has 0 aliphatic heterocycles. The molecule has 1 aromatic carbocycles. The first-order valence-corrected chi connectivity index (χ1v) is 23.1. The van der Waals surface area contributed by atoms with E-state index in [-0.39, 0.29) is 40.6 Å². The number of alkyl halides is 3. The minimum absolute atomic E-state index is 0.0729. The summed E-state index contributed by atoms with van der Waals surface area (Å²) in [5.74, 6) is 0.899. The van der Waals surface area contributed by atoms with Crippen LogP contribution in [0.25, 0.3) is 39.1 Å². The van der Waals surface area contributed by atoms with Crippen molar-refractivity contribution in [2.75, 3.05) is 6.61 Å². The molecule has 0 bridgehead atoms. The van der Waals surface area contributed by atoms with Crippen molar-refractivity contribution in [3.8, 4) is 34.3 Å². The standard InChI is InChI=1S/C43H47F3N6O2Si/c1-42(14-6-15-42)49-24-31-22-34-35(28-9-10-28)25-51(41(53)40(34)52(31)26-54-17-18-55(2,3)4)38-21-30(20-37(50-38)29-11-12-29)32-13-8-27(23-47)19-33(32)39-36(43(44,45)46)7-5-16-48-39/h5,7-8,13,16,19-22,25,28-29,49H,6,9-12,14-15,17-18,24,26H2,1-4H3. The molecule has 0 amide bonds. The van der Waals surface area contributed by atoms with E-state index < -0.39 is 19.8 Å². The van der Waals surface area contributed by atoms with Crippen LogP contribution in [0.5, 0.6) is 0 Å². The second kappa shape index (κ2) is 14.2. The molecule has 4 aromatic heterocycles. The Labute approximate surface area is 320 Å². The van der Waals surface area contributed by atoms with Crippen LogP contribution in [-0.2, 0) is 24.2 Å². The van der Waals surface area contributed by atoms with Crippen LogP contribution in [0.1, 0.15) is 91.8 Å². The Balaban J connectivity index is 1.29. The summed E-state index contributed by atoms with van der Waals surface area (Å²) < 4.78 is 53.0. The van der Waals surface area contributed by atoms with Gasteiger partial charge in [0.1, 0.15) is 18.1 Å². The largest absolute Gasteiger partial charge is 0.418 e. The number of halogens is 3. The molecule has 55 heavy (non-hydrogen) atoms. The average molecular weight is 765 g/mol. The molecular weight excluding hydrogens is 718 g/mol. The van der Waals surface area contributed by atoms with Crippen molar-refractivity contribution in [1.82, 2.24) is 24.4 Å². The normalized spacial score (nSPS) is 17.0. The first-order valence-electron chi connectivity index (χ1n) is 19.4. The van der Waals surface area contributed by atoms with Crippen LogP contribution >= 0.6 is 0 Å². The van der Waals surface area contributed by atoms with Gasteiger partial charge in [-0.1, -0.05) is 25.7 Å². The van der Waals surface area contributed by atoms with Crippen LogP contribution in [0.15, 0.2) is 65.7 Å². The van der Waals surface area contributed by atoms with Gasteiger partial charge in [0.05, 0.1) is 22.9 Å². The predicted molar refractivity (Wildman–Crippen MR) is 211 cm³/mol. The highest BCUT2D eigenvalue weighted by Gasteiger charge is 2.36. The Hall–Kier alpha value is -4.57. The number of nitrogens with zero attached hydrogens (tertiary/aromatic N) is 5. The first kappa shape index (κ1) is 37.4. The molecule has 12 heteroatoms. The van der Waals surface area contributed by atoms with Crippen LogP contribution < -0.4 is 10.9 Å². The van der Waals surface area contributed by atoms with Gasteiger partial charge in [-0.3, -0.25) is 14.3 Å². The minimum atomic E-state index is -4.66. The first-order chi connectivity index (χ1) is 26.2. The predicted octanol–water partition coefficient (Wildman–Crippen LogP) is 9.91. The Morgan fingerprint density at radius 1 is 1.04 bits per heavy atom. The number of pyridine rings is 3. The third-order valence-electron chi connectivity index (χ3n) is 11.5. The summed E-state index contributed by atoms with van der Waals surface area (Å²) in [6.45, 7) is 10.7. The van der Waals surface area contributed by atoms with E-state index in [9.17, 15) is 23.2 Å². The zero-order valence-electron chi connectivity index (χ0n) is 31.9. The number of nitrogens with one attached hydrogen (secondary N) is 1. The van der Waals surface area contributed by atoms with E-state index in [0.29, 0.717) is 41.5 Å². The number of aromatic nitrogens is 4. The molecule has 3 aliphatic rings. The summed E-state index contributed by atoms with van der Waals surface area (Å²) in [6.07, 6.45) is 5.95. The lowest BCUT2D eigenvalue weighted by atomic mass is 9.78. The molecule has 0 spiro atoms. The second-order valence-corrected chi connectivity index (χ2v) is 22.8. The van der Waals surface area contributed by atoms with Crippen LogP contribution in [0.4, 0.5) is 13.2 Å². The SMILES string of the molecule is CC1(NCc2cc3c(C4CC4)cn(-c4cc(-c5ccc(C#N)cc5-c5ncccc5C(F)(F)F)cc(C5CC5)n4)c(=O)c3n2COCC[Si](C)(C)C)CCC1. The Bertz CT molecular complexity index is 2380. The van der Waals surface area contributed by atoms with Gasteiger partial charge >= 0.3 is 6.18 Å². The van der Waals surface area contributed by atoms with Crippen molar-refractivity contribution in [2.24, 2.45) is 0 Å². The van der Waals surface area contributed by atoms with Crippen molar-refractivity contribution >= 4 is 19.0 Å². The van der Waals surface area contributed by atoms with Crippen molar-refractivity contribution in [3.63, 3.8) is 0 Å². The van der Waals surface area contributed by atoms with Crippen LogP contribution in [0, 0.1) is 11.3 Å². The number of benzene rings is 1. The summed E-state index contributed by atoms with van der Waals surface area (Å²) in [5, 5.41) is 14.5. The summed E-state index contributed by atoms with van der Waals surface area (Å²) in [5.41, 5.74) is 3.66. The summed E-state index contributed by atoms with van der Waals surface area (Å²) in [6, 6.07) is 15.9. The van der Waals surface area contributed by atoms with Gasteiger partial charge in [0.25, 0.3) is 5.56 Å². The van der Waals surface area contributed by atoms with E-state index in [1.54, 1.807) is 22.8 Å². The maximum Gasteiger partial charge on any atom is 0.418 e. The number of hydrogen-bond acceptors (Lipinski definition) is 6. The van der Waals surface area contributed by atoms with Gasteiger partial charge in [-0.25, -0.2) is 4.98 Å². The molecule has 8 nitrogen and oxygen atoms in total. The summed E-state index contributed by atoms with van der Waals surface area (Å²) in [7, 11) is -1.35. The van der Waals surface area contributed by atoms with Gasteiger partial charge in [0.2, 0.25) is 0 Å². The lowest BCUT2D eigenvalue weighted by Crippen LogP contribution is -2.47. The van der Waals surface area contributed by atoms with Crippen molar-refractivity contribution in [2.45, 2.75) is 114 Å². The zero-order chi connectivity index (χ0) is 38.7. The lowest BCUT2D eigenvalue weighted by Gasteiger charge is -2.39. The van der Waals surface area contributed by atoms with E-state index in [1.807, 2.05) is 16.8 Å². The van der Waals surface area contributed by atoms with Gasteiger partial charge < -0.3 is 14.6 Å². The van der Waals surface area contributed by atoms with Gasteiger partial charge in [-0.05, 0) is 123 Å². The topological polar surface area (TPSA) is 97.8 Å². The molecule has 3 saturated carbocycles. The minimum Gasteiger partial charge on any atom is -0.361 e. The van der Waals surface area contributed by atoms with Crippen molar-refractivity contribution < 1.29 is 17.9 Å². The van der Waals surface area contributed by atoms with Crippen molar-refractivity contribution in [3.05, 3.63) is 99.4 Å². The Morgan fingerprint density at radius 3 is 2.45 bits per heavy atom. The smallest absolute Gasteiger partial charge is 0.361 e. The van der Waals surface area contributed by atoms with E-state index in [2.05, 4.69) is 49.0 Å². The molecule has 1 N–H and O–H groups in total. The molecule has 0 radical (unpaired) electrons. The number of nitriles is 1. The molecule has 8 rings (SSSR count). The van der Waals surface area contributed by atoms with Crippen LogP contribution in [-0.4, -0.2) is 39.3 Å². The third kappa shape index (κ3) is 7.79. The van der Waals surface area contributed by atoms with E-state index in [4.69, 9.17) is 9.72 Å². The molecule has 0 unspecified atom stereocenters. The molecular formula is C43H47F3N6O2Si. The highest BCUT2D eigenvalue weighted by atomic mass is 28.3. The maximum absolute atomic E-state index is 15.0. The fourth-order valence-electron chi connectivity index (χ4n) is 7.65. The van der Waals surface area contributed by atoms with Crippen LogP contribution in [0.3, 0.4) is 0 Å². The van der Waals surface area contributed by atoms with E-state index >= 15 is 0 Å². The number of fused-ring (bicyclic) bond motifs is 1. The molecule has 286 valence electrons. The highest BCUT2D eigenvalue weighted by Crippen LogP contribution is 2.46. The molecule has 0 saturated heterocycles. The monoisotopic (exact) mass is 764 g/mol. The Kier molecular flexibility index (Phi) is 9.63. The third-order valence-corrected chi connectivity index (χ3v) is 13.2. The highest BCUT2D eigenvalue weighted by molar-refractivity contribution is 6.76. The number of ether oxygens (including phenoxy) is 1. The summed E-state index contributed by atoms with van der Waals surface area (Å²) in [4.78, 5) is 24.2. The average Bonchev–Trinajstić information content (AvgIpc) is 4.08. The number of rotatable bonds is 13. The molecule has 0 atom stereocenters. The summed E-state index contributed by atoms with van der Waals surface area (Å²) >= 11 is 0. The molecule has 3 fully saturated rings. The Morgan fingerprint density at radius 2 is 1.80 bits per heavy atom.